The Morgan fingerprint density at radius 1 is 1.10 bits per heavy atom. The van der Waals surface area contributed by atoms with Crippen LogP contribution in [0.2, 0.25) is 10.0 Å². The van der Waals surface area contributed by atoms with Crippen molar-refractivity contribution >= 4 is 79.4 Å². The van der Waals surface area contributed by atoms with Crippen LogP contribution in [-0.4, -0.2) is 51.9 Å². The second kappa shape index (κ2) is 11.7. The van der Waals surface area contributed by atoms with Crippen LogP contribution < -0.4 is 5.32 Å². The zero-order valence-electron chi connectivity index (χ0n) is 20.8. The highest BCUT2D eigenvalue weighted by atomic mass is 35.5. The Hall–Kier alpha value is -3.46. The van der Waals surface area contributed by atoms with Crippen molar-refractivity contribution in [2.45, 2.75) is 31.2 Å². The second-order valence-corrected chi connectivity index (χ2v) is 11.2. The number of pyridine rings is 1. The number of carbonyl (C=O) groups excluding carboxylic acids is 2. The molecule has 0 saturated carbocycles. The average molecular weight is 583 g/mol. The van der Waals surface area contributed by atoms with E-state index >= 15 is 0 Å². The van der Waals surface area contributed by atoms with E-state index in [0.717, 1.165) is 21.0 Å². The summed E-state index contributed by atoms with van der Waals surface area (Å²) in [4.78, 5) is 43.7. The van der Waals surface area contributed by atoms with Crippen LogP contribution in [0.25, 0.3) is 27.1 Å². The number of carbonyl (C=O) groups is 3. The van der Waals surface area contributed by atoms with E-state index in [4.69, 9.17) is 23.2 Å². The summed E-state index contributed by atoms with van der Waals surface area (Å²) in [5.74, 6) is -2.42. The molecule has 1 fully saturated rings. The molecule has 1 aliphatic heterocycles. The van der Waals surface area contributed by atoms with E-state index in [1.54, 1.807) is 17.2 Å². The molecule has 2 N–H and O–H groups in total. The highest BCUT2D eigenvalue weighted by Gasteiger charge is 2.29. The third-order valence-electron chi connectivity index (χ3n) is 6.92. The first-order chi connectivity index (χ1) is 18.8. The molecule has 1 unspecified atom stereocenters. The van der Waals surface area contributed by atoms with E-state index < -0.39 is 11.9 Å². The van der Waals surface area contributed by atoms with Gasteiger partial charge in [-0.25, -0.2) is 0 Å². The van der Waals surface area contributed by atoms with E-state index in [-0.39, 0.29) is 24.3 Å². The molecule has 2 aromatic carbocycles. The highest BCUT2D eigenvalue weighted by molar-refractivity contribution is 7.18. The lowest BCUT2D eigenvalue weighted by atomic mass is 9.94. The summed E-state index contributed by atoms with van der Waals surface area (Å²) in [5, 5.41) is 17.1. The summed E-state index contributed by atoms with van der Waals surface area (Å²) in [6, 6.07) is 13.0. The first-order valence-electron chi connectivity index (χ1n) is 12.5. The summed E-state index contributed by atoms with van der Waals surface area (Å²) < 4.78 is 0.914. The van der Waals surface area contributed by atoms with Gasteiger partial charge in [0.25, 0.3) is 0 Å². The van der Waals surface area contributed by atoms with E-state index in [2.05, 4.69) is 10.3 Å². The zero-order valence-corrected chi connectivity index (χ0v) is 23.1. The fraction of sp³-hybridized carbons (Fsp3) is 0.241. The average Bonchev–Trinajstić information content (AvgIpc) is 3.41. The number of rotatable bonds is 7. The van der Waals surface area contributed by atoms with Crippen molar-refractivity contribution in [3.63, 3.8) is 0 Å². The minimum Gasteiger partial charge on any atom is -0.481 e. The smallest absolute Gasteiger partial charge is 0.304 e. The van der Waals surface area contributed by atoms with Gasteiger partial charge in [0.15, 0.2) is 0 Å². The first-order valence-corrected chi connectivity index (χ1v) is 14.1. The molecule has 3 heterocycles. The molecule has 39 heavy (non-hydrogen) atoms. The van der Waals surface area contributed by atoms with Crippen molar-refractivity contribution in [3.8, 4) is 0 Å². The quantitative estimate of drug-likeness (QED) is 0.255. The number of thiophene rings is 1. The molecule has 4 aromatic rings. The number of aliphatic carboxylic acids is 1. The molecule has 5 rings (SSSR count). The van der Waals surface area contributed by atoms with Crippen molar-refractivity contribution in [1.29, 1.82) is 0 Å². The summed E-state index contributed by atoms with van der Waals surface area (Å²) in [7, 11) is 0. The first kappa shape index (κ1) is 27.1. The van der Waals surface area contributed by atoms with Gasteiger partial charge in [-0.05, 0) is 65.1 Å². The molecule has 1 saturated heterocycles. The van der Waals surface area contributed by atoms with Gasteiger partial charge in [-0.3, -0.25) is 19.4 Å². The molecule has 10 heteroatoms. The molecule has 0 aliphatic carbocycles. The molecule has 0 spiro atoms. The monoisotopic (exact) mass is 581 g/mol. The maximum absolute atomic E-state index is 13.2. The van der Waals surface area contributed by atoms with Gasteiger partial charge in [0.2, 0.25) is 11.8 Å². The van der Waals surface area contributed by atoms with E-state index in [0.29, 0.717) is 47.1 Å². The van der Waals surface area contributed by atoms with Gasteiger partial charge in [-0.15, -0.1) is 11.3 Å². The van der Waals surface area contributed by atoms with Crippen LogP contribution in [0.15, 0.2) is 60.1 Å². The van der Waals surface area contributed by atoms with Crippen molar-refractivity contribution in [3.05, 3.63) is 81.3 Å². The van der Waals surface area contributed by atoms with E-state index in [1.165, 1.54) is 17.4 Å². The molecule has 0 radical (unpaired) electrons. The molecule has 7 nitrogen and oxygen atoms in total. The number of amides is 2. The van der Waals surface area contributed by atoms with Crippen LogP contribution in [0.3, 0.4) is 0 Å². The van der Waals surface area contributed by atoms with Gasteiger partial charge in [-0.2, -0.15) is 0 Å². The number of nitrogens with one attached hydrogen (secondary N) is 1. The van der Waals surface area contributed by atoms with Crippen molar-refractivity contribution in [2.24, 2.45) is 0 Å². The number of aromatic nitrogens is 1. The summed E-state index contributed by atoms with van der Waals surface area (Å²) in [5.41, 5.74) is 2.01. The number of carboxylic acid groups (broad SMARTS) is 1. The number of halogens is 2. The predicted octanol–water partition coefficient (Wildman–Crippen LogP) is 6.14. The number of hydrogen-bond donors (Lipinski definition) is 2. The van der Waals surface area contributed by atoms with Crippen molar-refractivity contribution in [1.82, 2.24) is 15.2 Å². The van der Waals surface area contributed by atoms with Gasteiger partial charge in [0.1, 0.15) is 0 Å². The van der Waals surface area contributed by atoms with Crippen LogP contribution in [0.5, 0.6) is 0 Å². The lowest BCUT2D eigenvalue weighted by molar-refractivity contribution is -0.140. The number of fused-ring (bicyclic) bond motifs is 2. The lowest BCUT2D eigenvalue weighted by Crippen LogP contribution is -2.47. The van der Waals surface area contributed by atoms with Gasteiger partial charge in [0, 0.05) is 36.8 Å². The topological polar surface area (TPSA) is 99.6 Å². The molecule has 0 bridgehead atoms. The fourth-order valence-corrected chi connectivity index (χ4v) is 6.26. The Morgan fingerprint density at radius 2 is 1.87 bits per heavy atom. The zero-order chi connectivity index (χ0) is 27.5. The molecule has 2 amide bonds. The second-order valence-electron chi connectivity index (χ2n) is 9.49. The Labute approximate surface area is 239 Å². The Morgan fingerprint density at radius 3 is 2.64 bits per heavy atom. The Balaban J connectivity index is 1.20. The van der Waals surface area contributed by atoms with Gasteiger partial charge in [0.05, 0.1) is 32.6 Å². The minimum absolute atomic E-state index is 0.150. The third kappa shape index (κ3) is 6.08. The van der Waals surface area contributed by atoms with Gasteiger partial charge < -0.3 is 15.3 Å². The summed E-state index contributed by atoms with van der Waals surface area (Å²) >= 11 is 14.3. The minimum atomic E-state index is -1.06. The number of piperidine rings is 1. The molecule has 200 valence electrons. The Kier molecular flexibility index (Phi) is 8.16. The summed E-state index contributed by atoms with van der Waals surface area (Å²) in [6.45, 7) is 0.931. The lowest BCUT2D eigenvalue weighted by Gasteiger charge is -2.32. The van der Waals surface area contributed by atoms with Gasteiger partial charge >= 0.3 is 5.97 Å². The van der Waals surface area contributed by atoms with Crippen LogP contribution in [-0.2, 0) is 14.4 Å². The van der Waals surface area contributed by atoms with Crippen LogP contribution in [0, 0.1) is 0 Å². The van der Waals surface area contributed by atoms with Crippen molar-refractivity contribution in [2.75, 3.05) is 13.1 Å². The molecule has 1 aliphatic rings. The number of hydrogen-bond acceptors (Lipinski definition) is 5. The van der Waals surface area contributed by atoms with Crippen LogP contribution in [0.1, 0.15) is 36.3 Å². The predicted molar refractivity (Wildman–Crippen MR) is 155 cm³/mol. The normalized spacial score (nSPS) is 15.2. The maximum atomic E-state index is 13.2. The molecular weight excluding hydrogens is 557 g/mol. The summed E-state index contributed by atoms with van der Waals surface area (Å²) in [6.07, 6.45) is 5.53. The van der Waals surface area contributed by atoms with Gasteiger partial charge in [-0.1, -0.05) is 41.4 Å². The number of carboxylic acids is 1. The highest BCUT2D eigenvalue weighted by Crippen LogP contribution is 2.37. The number of likely N-dealkylation sites (tertiary alicyclic amines) is 1. The largest absolute Gasteiger partial charge is 0.481 e. The van der Waals surface area contributed by atoms with Crippen LogP contribution >= 0.6 is 34.5 Å². The number of benzene rings is 2. The fourth-order valence-electron chi connectivity index (χ4n) is 4.82. The molecule has 2 aromatic heterocycles. The number of nitrogens with zero attached hydrogens (tertiary/aromatic N) is 2. The SMILES string of the molecule is O=C(O)CC(C(=O)NC1CCN(C(=O)C=Cc2cc3ccsc3c(Cl)c2Cl)CC1)c1cnc2ccccc2c1. The maximum Gasteiger partial charge on any atom is 0.304 e. The van der Waals surface area contributed by atoms with E-state index in [9.17, 15) is 19.5 Å². The van der Waals surface area contributed by atoms with Crippen molar-refractivity contribution < 1.29 is 19.5 Å². The molecular formula is C29H25Cl2N3O4S. The Bertz CT molecular complexity index is 1590. The van der Waals surface area contributed by atoms with E-state index in [1.807, 2.05) is 47.8 Å². The standard InChI is InChI=1S/C29H25Cl2N3O4S/c30-26-18(14-19-9-12-39-28(19)27(26)31)5-6-24(35)34-10-7-21(8-11-34)33-29(38)22(15-25(36)37)20-13-17-3-1-2-4-23(17)32-16-20/h1-6,9,12-14,16,21-22H,7-8,10-11,15H2,(H,33,38)(H,36,37). The third-order valence-corrected chi connectivity index (χ3v) is 8.86. The molecule has 1 atom stereocenters. The number of para-hydroxylation sites is 1. The van der Waals surface area contributed by atoms with Crippen LogP contribution in [0.4, 0.5) is 0 Å².